The van der Waals surface area contributed by atoms with Crippen LogP contribution in [0.4, 0.5) is 17.1 Å². The highest BCUT2D eigenvalue weighted by atomic mass is 32.2. The molecule has 0 fully saturated rings. The lowest BCUT2D eigenvalue weighted by Gasteiger charge is -2.23. The van der Waals surface area contributed by atoms with Gasteiger partial charge < -0.3 is 4.74 Å². The lowest BCUT2D eigenvalue weighted by Crippen LogP contribution is -2.37. The number of benzene rings is 4. The van der Waals surface area contributed by atoms with Gasteiger partial charge in [-0.15, -0.1) is 0 Å². The Labute approximate surface area is 240 Å². The number of nitro groups is 2. The molecule has 13 heteroatoms. The molecule has 42 heavy (non-hydrogen) atoms. The molecule has 0 N–H and O–H groups in total. The molecule has 4 aromatic rings. The van der Waals surface area contributed by atoms with Crippen LogP contribution in [0, 0.1) is 20.2 Å². The predicted molar refractivity (Wildman–Crippen MR) is 152 cm³/mol. The van der Waals surface area contributed by atoms with Crippen LogP contribution in [0.2, 0.25) is 0 Å². The van der Waals surface area contributed by atoms with Crippen molar-refractivity contribution in [3.63, 3.8) is 0 Å². The smallest absolute Gasteiger partial charge is 0.343 e. The van der Waals surface area contributed by atoms with Gasteiger partial charge in [-0.05, 0) is 72.1 Å². The summed E-state index contributed by atoms with van der Waals surface area (Å²) in [5.74, 6) is -1.62. The van der Waals surface area contributed by atoms with Gasteiger partial charge in [0.05, 0.1) is 26.0 Å². The van der Waals surface area contributed by atoms with E-state index in [2.05, 4.69) is 0 Å². The van der Waals surface area contributed by atoms with Crippen LogP contribution in [-0.2, 0) is 10.0 Å². The van der Waals surface area contributed by atoms with Crippen LogP contribution in [0.25, 0.3) is 0 Å². The third kappa shape index (κ3) is 6.31. The fourth-order valence-corrected chi connectivity index (χ4v) is 5.29. The third-order valence-electron chi connectivity index (χ3n) is 6.19. The maximum absolute atomic E-state index is 13.8. The number of nitrogens with zero attached hydrogens (tertiary/aromatic N) is 3. The molecule has 4 aromatic carbocycles. The fourth-order valence-electron chi connectivity index (χ4n) is 3.87. The first-order valence-corrected chi connectivity index (χ1v) is 13.8. The van der Waals surface area contributed by atoms with Gasteiger partial charge in [0.1, 0.15) is 5.75 Å². The highest BCUT2D eigenvalue weighted by Crippen LogP contribution is 2.29. The topological polar surface area (TPSA) is 167 Å². The second kappa shape index (κ2) is 12.0. The Hall–Kier alpha value is -5.43. The van der Waals surface area contributed by atoms with Gasteiger partial charge in [-0.3, -0.25) is 25.0 Å². The molecule has 0 unspecified atom stereocenters. The SMILES string of the molecule is CC(C)c1ccc(S(=O)(=O)N(C(=O)c2ccc([N+](=O)[O-])cc2)c2ccc(OC(=O)c3ccc([N+](=O)[O-])cc3)cc2)cc1. The molecular formula is C29H23N3O9S. The summed E-state index contributed by atoms with van der Waals surface area (Å²) in [5.41, 5.74) is 0.268. The Kier molecular flexibility index (Phi) is 8.43. The van der Waals surface area contributed by atoms with Crippen molar-refractivity contribution in [1.29, 1.82) is 0 Å². The maximum Gasteiger partial charge on any atom is 0.343 e. The Morgan fingerprint density at radius 1 is 0.714 bits per heavy atom. The summed E-state index contributed by atoms with van der Waals surface area (Å²) in [7, 11) is -4.47. The predicted octanol–water partition coefficient (Wildman–Crippen LogP) is 5.88. The summed E-state index contributed by atoms with van der Waals surface area (Å²) in [6, 6.07) is 20.4. The molecular weight excluding hydrogens is 566 g/mol. The Bertz CT molecular complexity index is 1750. The van der Waals surface area contributed by atoms with Gasteiger partial charge in [0, 0.05) is 29.8 Å². The summed E-state index contributed by atoms with van der Waals surface area (Å²) in [4.78, 5) is 46.6. The third-order valence-corrected chi connectivity index (χ3v) is 7.92. The second-order valence-corrected chi connectivity index (χ2v) is 11.1. The summed E-state index contributed by atoms with van der Waals surface area (Å²) in [5, 5.41) is 21.9. The van der Waals surface area contributed by atoms with Crippen molar-refractivity contribution in [3.05, 3.63) is 134 Å². The van der Waals surface area contributed by atoms with Crippen LogP contribution < -0.4 is 9.04 Å². The first-order valence-electron chi connectivity index (χ1n) is 12.4. The van der Waals surface area contributed by atoms with Crippen molar-refractivity contribution >= 4 is 39.0 Å². The molecule has 0 saturated heterocycles. The minimum atomic E-state index is -4.47. The summed E-state index contributed by atoms with van der Waals surface area (Å²) in [6.07, 6.45) is 0. The minimum Gasteiger partial charge on any atom is -0.423 e. The highest BCUT2D eigenvalue weighted by Gasteiger charge is 2.32. The van der Waals surface area contributed by atoms with Crippen molar-refractivity contribution < 1.29 is 32.6 Å². The number of anilines is 1. The Morgan fingerprint density at radius 2 is 1.19 bits per heavy atom. The quantitative estimate of drug-likeness (QED) is 0.100. The maximum atomic E-state index is 13.8. The van der Waals surface area contributed by atoms with Crippen molar-refractivity contribution in [1.82, 2.24) is 0 Å². The van der Waals surface area contributed by atoms with Gasteiger partial charge in [-0.25, -0.2) is 13.2 Å². The average molecular weight is 590 g/mol. The van der Waals surface area contributed by atoms with E-state index in [1.807, 2.05) is 13.8 Å². The number of ether oxygens (including phenoxy) is 1. The van der Waals surface area contributed by atoms with E-state index in [1.54, 1.807) is 12.1 Å². The molecule has 0 bridgehead atoms. The number of hydrogen-bond donors (Lipinski definition) is 0. The number of non-ortho nitro benzene ring substituents is 2. The lowest BCUT2D eigenvalue weighted by atomic mass is 10.0. The molecule has 0 aromatic heterocycles. The number of esters is 1. The first kappa shape index (κ1) is 29.6. The van der Waals surface area contributed by atoms with Gasteiger partial charge in [0.15, 0.2) is 0 Å². The molecule has 0 aliphatic heterocycles. The normalized spacial score (nSPS) is 11.1. The van der Waals surface area contributed by atoms with Crippen LogP contribution >= 0.6 is 0 Å². The molecule has 4 rings (SSSR count). The summed E-state index contributed by atoms with van der Waals surface area (Å²) in [6.45, 7) is 3.90. The van der Waals surface area contributed by atoms with Gasteiger partial charge in [0.2, 0.25) is 0 Å². The summed E-state index contributed by atoms with van der Waals surface area (Å²) >= 11 is 0. The second-order valence-electron chi connectivity index (χ2n) is 9.29. The number of sulfonamides is 1. The number of carbonyl (C=O) groups is 2. The van der Waals surface area contributed by atoms with E-state index in [0.29, 0.717) is 4.31 Å². The number of amides is 1. The van der Waals surface area contributed by atoms with Crippen molar-refractivity contribution in [3.8, 4) is 5.75 Å². The van der Waals surface area contributed by atoms with Gasteiger partial charge in [-0.1, -0.05) is 26.0 Å². The molecule has 0 spiro atoms. The van der Waals surface area contributed by atoms with E-state index in [0.717, 1.165) is 42.0 Å². The minimum absolute atomic E-state index is 0.0171. The molecule has 0 radical (unpaired) electrons. The zero-order valence-electron chi connectivity index (χ0n) is 22.2. The van der Waals surface area contributed by atoms with Gasteiger partial charge in [-0.2, -0.15) is 4.31 Å². The number of rotatable bonds is 9. The lowest BCUT2D eigenvalue weighted by molar-refractivity contribution is -0.385. The zero-order valence-corrected chi connectivity index (χ0v) is 23.1. The van der Waals surface area contributed by atoms with Crippen LogP contribution in [0.15, 0.2) is 102 Å². The molecule has 0 heterocycles. The number of nitro benzene ring substituents is 2. The average Bonchev–Trinajstić information content (AvgIpc) is 2.98. The van der Waals surface area contributed by atoms with Crippen LogP contribution in [0.1, 0.15) is 46.0 Å². The Morgan fingerprint density at radius 3 is 1.64 bits per heavy atom. The molecule has 0 aliphatic rings. The van der Waals surface area contributed by atoms with Crippen LogP contribution in [0.3, 0.4) is 0 Å². The van der Waals surface area contributed by atoms with Crippen molar-refractivity contribution in [2.45, 2.75) is 24.7 Å². The highest BCUT2D eigenvalue weighted by molar-refractivity contribution is 7.93. The van der Waals surface area contributed by atoms with E-state index >= 15 is 0 Å². The van der Waals surface area contributed by atoms with E-state index < -0.39 is 31.7 Å². The van der Waals surface area contributed by atoms with Gasteiger partial charge in [0.25, 0.3) is 27.3 Å². The molecule has 0 saturated carbocycles. The molecule has 0 atom stereocenters. The van der Waals surface area contributed by atoms with E-state index in [1.165, 1.54) is 48.5 Å². The monoisotopic (exact) mass is 589 g/mol. The molecule has 214 valence electrons. The summed E-state index contributed by atoms with van der Waals surface area (Å²) < 4.78 is 33.4. The number of carbonyl (C=O) groups excluding carboxylic acids is 2. The fraction of sp³-hybridized carbons (Fsp3) is 0.103. The Balaban J connectivity index is 1.68. The standard InChI is InChI=1S/C29H23N3O9S/c1-19(2)20-7-17-27(18-8-20)42(39,40)30(28(33)21-3-9-24(10-4-21)31(35)36)23-13-15-26(16-14-23)41-29(34)22-5-11-25(12-6-22)32(37)38/h3-19H,1-2H3. The van der Waals surface area contributed by atoms with Crippen LogP contribution in [0.5, 0.6) is 5.75 Å². The molecule has 12 nitrogen and oxygen atoms in total. The molecule has 1 amide bonds. The first-order chi connectivity index (χ1) is 19.9. The number of hydrogen-bond acceptors (Lipinski definition) is 9. The van der Waals surface area contributed by atoms with Crippen molar-refractivity contribution in [2.75, 3.05) is 4.31 Å². The van der Waals surface area contributed by atoms with E-state index in [9.17, 15) is 38.2 Å². The zero-order chi connectivity index (χ0) is 30.6. The largest absolute Gasteiger partial charge is 0.423 e. The van der Waals surface area contributed by atoms with E-state index in [-0.39, 0.29) is 44.8 Å². The van der Waals surface area contributed by atoms with E-state index in [4.69, 9.17) is 4.74 Å². The van der Waals surface area contributed by atoms with Crippen LogP contribution in [-0.4, -0.2) is 30.1 Å². The van der Waals surface area contributed by atoms with Crippen molar-refractivity contribution in [2.24, 2.45) is 0 Å². The molecule has 0 aliphatic carbocycles. The van der Waals surface area contributed by atoms with Gasteiger partial charge >= 0.3 is 5.97 Å².